The summed E-state index contributed by atoms with van der Waals surface area (Å²) in [6.45, 7) is 5.07. The van der Waals surface area contributed by atoms with Crippen molar-refractivity contribution in [3.05, 3.63) is 71.4 Å². The van der Waals surface area contributed by atoms with Crippen LogP contribution in [0.1, 0.15) is 23.1 Å². The highest BCUT2D eigenvalue weighted by Crippen LogP contribution is 2.28. The molecule has 31 heavy (non-hydrogen) atoms. The highest BCUT2D eigenvalue weighted by molar-refractivity contribution is 7.91. The summed E-state index contributed by atoms with van der Waals surface area (Å²) in [6.07, 6.45) is 2.63. The van der Waals surface area contributed by atoms with E-state index in [2.05, 4.69) is 49.1 Å². The van der Waals surface area contributed by atoms with Crippen LogP contribution in [0.4, 0.5) is 0 Å². The number of rotatable bonds is 7. The summed E-state index contributed by atoms with van der Waals surface area (Å²) < 4.78 is 26.0. The molecule has 2 heterocycles. The number of aliphatic hydroxyl groups is 1. The van der Waals surface area contributed by atoms with Crippen LogP contribution in [0, 0.1) is 13.8 Å². The van der Waals surface area contributed by atoms with Crippen molar-refractivity contribution < 1.29 is 13.5 Å². The van der Waals surface area contributed by atoms with Gasteiger partial charge in [0.15, 0.2) is 9.84 Å². The zero-order chi connectivity index (χ0) is 22.0. The molecule has 164 valence electrons. The SMILES string of the molecule is Cc1ccc(-n2cc(CN(CCO)C3CCS(=O)(=O)C3)c(-c3cccc(C)c3)n2)cc1. The van der Waals surface area contributed by atoms with Crippen LogP contribution in [0.2, 0.25) is 0 Å². The van der Waals surface area contributed by atoms with Crippen LogP contribution in [-0.2, 0) is 16.4 Å². The minimum absolute atomic E-state index is 0.0115. The fourth-order valence-corrected chi connectivity index (χ4v) is 5.95. The quantitative estimate of drug-likeness (QED) is 0.612. The predicted octanol–water partition coefficient (Wildman–Crippen LogP) is 3.14. The number of sulfone groups is 1. The number of nitrogens with zero attached hydrogens (tertiary/aromatic N) is 3. The maximum atomic E-state index is 12.0. The molecule has 1 N–H and O–H groups in total. The van der Waals surface area contributed by atoms with Crippen LogP contribution in [0.5, 0.6) is 0 Å². The van der Waals surface area contributed by atoms with E-state index in [9.17, 15) is 13.5 Å². The summed E-state index contributed by atoms with van der Waals surface area (Å²) in [5.74, 6) is 0.367. The Morgan fingerprint density at radius 1 is 1.13 bits per heavy atom. The van der Waals surface area contributed by atoms with Crippen LogP contribution >= 0.6 is 0 Å². The molecule has 0 spiro atoms. The molecular formula is C24H29N3O3S. The first kappa shape index (κ1) is 21.7. The Hall–Kier alpha value is -2.48. The monoisotopic (exact) mass is 439 g/mol. The summed E-state index contributed by atoms with van der Waals surface area (Å²) in [4.78, 5) is 2.08. The Balaban J connectivity index is 1.72. The van der Waals surface area contributed by atoms with Crippen LogP contribution < -0.4 is 0 Å². The molecule has 1 aliphatic rings. The molecule has 3 aromatic rings. The number of benzene rings is 2. The van der Waals surface area contributed by atoms with Crippen LogP contribution in [0.15, 0.2) is 54.7 Å². The molecule has 0 bridgehead atoms. The van der Waals surface area contributed by atoms with E-state index in [1.54, 1.807) is 0 Å². The van der Waals surface area contributed by atoms with Crippen LogP contribution in [0.25, 0.3) is 16.9 Å². The molecule has 0 radical (unpaired) electrons. The zero-order valence-electron chi connectivity index (χ0n) is 18.0. The van der Waals surface area contributed by atoms with Crippen LogP contribution in [0.3, 0.4) is 0 Å². The number of aliphatic hydroxyl groups excluding tert-OH is 1. The van der Waals surface area contributed by atoms with Gasteiger partial charge in [0, 0.05) is 36.5 Å². The molecule has 0 aliphatic carbocycles. The summed E-state index contributed by atoms with van der Waals surface area (Å²) in [5.41, 5.74) is 6.25. The number of aryl methyl sites for hydroxylation is 2. The minimum Gasteiger partial charge on any atom is -0.395 e. The van der Waals surface area contributed by atoms with E-state index in [4.69, 9.17) is 5.10 Å². The summed E-state index contributed by atoms with van der Waals surface area (Å²) >= 11 is 0. The Labute approximate surface area is 184 Å². The lowest BCUT2D eigenvalue weighted by Gasteiger charge is -2.27. The Morgan fingerprint density at radius 3 is 2.55 bits per heavy atom. The molecule has 1 unspecified atom stereocenters. The molecular weight excluding hydrogens is 410 g/mol. The lowest BCUT2D eigenvalue weighted by molar-refractivity contribution is 0.154. The van der Waals surface area contributed by atoms with E-state index in [1.807, 2.05) is 29.1 Å². The van der Waals surface area contributed by atoms with Crippen molar-refractivity contribution in [1.82, 2.24) is 14.7 Å². The van der Waals surface area contributed by atoms with Gasteiger partial charge in [-0.15, -0.1) is 0 Å². The van der Waals surface area contributed by atoms with Crippen molar-refractivity contribution in [2.75, 3.05) is 24.7 Å². The van der Waals surface area contributed by atoms with Gasteiger partial charge in [0.1, 0.15) is 0 Å². The fraction of sp³-hybridized carbons (Fsp3) is 0.375. The second kappa shape index (κ2) is 8.94. The number of hydrogen-bond donors (Lipinski definition) is 1. The highest BCUT2D eigenvalue weighted by Gasteiger charge is 2.32. The van der Waals surface area contributed by atoms with E-state index >= 15 is 0 Å². The average Bonchev–Trinajstić information content (AvgIpc) is 3.31. The van der Waals surface area contributed by atoms with Gasteiger partial charge >= 0.3 is 0 Å². The van der Waals surface area contributed by atoms with Crippen LogP contribution in [-0.4, -0.2) is 58.9 Å². The van der Waals surface area contributed by atoms with Gasteiger partial charge in [-0.25, -0.2) is 13.1 Å². The van der Waals surface area contributed by atoms with Gasteiger partial charge in [0.25, 0.3) is 0 Å². The number of hydrogen-bond acceptors (Lipinski definition) is 5. The zero-order valence-corrected chi connectivity index (χ0v) is 18.8. The Morgan fingerprint density at radius 2 is 1.90 bits per heavy atom. The first-order chi connectivity index (χ1) is 14.8. The normalized spacial score (nSPS) is 18.0. The maximum Gasteiger partial charge on any atom is 0.151 e. The van der Waals surface area contributed by atoms with Crippen molar-refractivity contribution in [1.29, 1.82) is 0 Å². The lowest BCUT2D eigenvalue weighted by Crippen LogP contribution is -2.37. The van der Waals surface area contributed by atoms with Gasteiger partial charge in [-0.05, 0) is 38.5 Å². The maximum absolute atomic E-state index is 12.0. The van der Waals surface area contributed by atoms with Gasteiger partial charge < -0.3 is 5.11 Å². The average molecular weight is 440 g/mol. The molecule has 6 nitrogen and oxygen atoms in total. The lowest BCUT2D eigenvalue weighted by atomic mass is 10.0. The molecule has 0 saturated carbocycles. The van der Waals surface area contributed by atoms with E-state index in [1.165, 1.54) is 5.56 Å². The Kier molecular flexibility index (Phi) is 6.27. The van der Waals surface area contributed by atoms with E-state index in [0.717, 1.165) is 28.1 Å². The standard InChI is InChI=1S/C24H29N3O3S/c1-18-6-8-22(9-7-18)27-16-21(24(25-27)20-5-3-4-19(2)14-20)15-26(11-12-28)23-10-13-31(29,30)17-23/h3-9,14,16,23,28H,10-13,15,17H2,1-2H3. The summed E-state index contributed by atoms with van der Waals surface area (Å²) in [6, 6.07) is 16.4. The van der Waals surface area contributed by atoms with E-state index in [-0.39, 0.29) is 24.2 Å². The van der Waals surface area contributed by atoms with Crippen molar-refractivity contribution in [3.8, 4) is 16.9 Å². The van der Waals surface area contributed by atoms with E-state index < -0.39 is 9.84 Å². The van der Waals surface area contributed by atoms with Gasteiger partial charge in [0.2, 0.25) is 0 Å². The van der Waals surface area contributed by atoms with Crippen molar-refractivity contribution in [2.24, 2.45) is 0 Å². The van der Waals surface area contributed by atoms with Gasteiger partial charge in [0.05, 0.1) is 29.5 Å². The third kappa shape index (κ3) is 5.06. The van der Waals surface area contributed by atoms with Gasteiger partial charge in [-0.2, -0.15) is 5.10 Å². The first-order valence-electron chi connectivity index (χ1n) is 10.6. The smallest absolute Gasteiger partial charge is 0.151 e. The molecule has 1 atom stereocenters. The predicted molar refractivity (Wildman–Crippen MR) is 123 cm³/mol. The minimum atomic E-state index is -3.00. The second-order valence-corrected chi connectivity index (χ2v) is 10.6. The highest BCUT2D eigenvalue weighted by atomic mass is 32.2. The van der Waals surface area contributed by atoms with E-state index in [0.29, 0.717) is 19.5 Å². The van der Waals surface area contributed by atoms with Crippen molar-refractivity contribution >= 4 is 9.84 Å². The summed E-state index contributed by atoms with van der Waals surface area (Å²) in [5, 5.41) is 14.5. The van der Waals surface area contributed by atoms with Gasteiger partial charge in [-0.1, -0.05) is 41.5 Å². The third-order valence-corrected chi connectivity index (χ3v) is 7.62. The molecule has 1 aromatic heterocycles. The van der Waals surface area contributed by atoms with Crippen molar-refractivity contribution in [2.45, 2.75) is 32.9 Å². The number of aromatic nitrogens is 2. The fourth-order valence-electron chi connectivity index (χ4n) is 4.19. The van der Waals surface area contributed by atoms with Crippen molar-refractivity contribution in [3.63, 3.8) is 0 Å². The third-order valence-electron chi connectivity index (χ3n) is 5.87. The largest absolute Gasteiger partial charge is 0.395 e. The molecule has 4 rings (SSSR count). The van der Waals surface area contributed by atoms with Gasteiger partial charge in [-0.3, -0.25) is 4.90 Å². The molecule has 1 saturated heterocycles. The second-order valence-electron chi connectivity index (χ2n) is 8.40. The molecule has 2 aromatic carbocycles. The molecule has 1 aliphatic heterocycles. The molecule has 7 heteroatoms. The Bertz CT molecular complexity index is 1150. The summed E-state index contributed by atoms with van der Waals surface area (Å²) in [7, 11) is -3.00. The first-order valence-corrected chi connectivity index (χ1v) is 12.4. The molecule has 1 fully saturated rings. The topological polar surface area (TPSA) is 75.4 Å². The molecule has 0 amide bonds.